The first-order valence-corrected chi connectivity index (χ1v) is 11.0. The van der Waals surface area contributed by atoms with Crippen molar-refractivity contribution in [1.82, 2.24) is 9.55 Å². The van der Waals surface area contributed by atoms with Gasteiger partial charge in [-0.1, -0.05) is 48.9 Å². The summed E-state index contributed by atoms with van der Waals surface area (Å²) in [6.45, 7) is 2.65. The van der Waals surface area contributed by atoms with Gasteiger partial charge in [0.05, 0.1) is 6.54 Å². The van der Waals surface area contributed by atoms with Gasteiger partial charge in [-0.3, -0.25) is 4.79 Å². The van der Waals surface area contributed by atoms with E-state index in [1.165, 1.54) is 29.5 Å². The van der Waals surface area contributed by atoms with E-state index in [1.807, 2.05) is 28.8 Å². The molecule has 1 amide bonds. The van der Waals surface area contributed by atoms with Crippen LogP contribution in [0, 0.1) is 5.92 Å². The number of rotatable bonds is 6. The molecule has 2 aliphatic carbocycles. The number of carbonyl (C=O) groups excluding carboxylic acids is 1. The van der Waals surface area contributed by atoms with Crippen LogP contribution in [-0.4, -0.2) is 15.5 Å². The molecule has 4 rings (SSSR count). The molecule has 4 nitrogen and oxygen atoms in total. The summed E-state index contributed by atoms with van der Waals surface area (Å²) < 4.78 is 1.99. The molecule has 0 bridgehead atoms. The van der Waals surface area contributed by atoms with E-state index in [1.54, 1.807) is 6.20 Å². The van der Waals surface area contributed by atoms with Gasteiger partial charge in [0.25, 0.3) is 0 Å². The molecule has 2 aromatic rings. The summed E-state index contributed by atoms with van der Waals surface area (Å²) in [5, 5.41) is 0. The minimum Gasteiger partial charge on any atom is -0.337 e. The van der Waals surface area contributed by atoms with Crippen LogP contribution in [-0.2, 0) is 31.2 Å². The van der Waals surface area contributed by atoms with Crippen LogP contribution in [0.1, 0.15) is 49.6 Å². The first-order valence-electron chi connectivity index (χ1n) is 11.0. The second-order valence-electron chi connectivity index (χ2n) is 8.46. The van der Waals surface area contributed by atoms with Crippen LogP contribution in [0.5, 0.6) is 0 Å². The maximum Gasteiger partial charge on any atom is 0.227 e. The Morgan fingerprint density at radius 2 is 2.00 bits per heavy atom. The molecule has 0 spiro atoms. The van der Waals surface area contributed by atoms with Crippen molar-refractivity contribution >= 4 is 11.6 Å². The lowest BCUT2D eigenvalue weighted by Crippen LogP contribution is -2.33. The maximum atomic E-state index is 13.5. The summed E-state index contributed by atoms with van der Waals surface area (Å²) in [5.41, 5.74) is 5.12. The van der Waals surface area contributed by atoms with Gasteiger partial charge in [-0.25, -0.2) is 4.98 Å². The topological polar surface area (TPSA) is 38.1 Å². The predicted molar refractivity (Wildman–Crippen MR) is 122 cm³/mol. The normalized spacial score (nSPS) is 16.5. The molecular weight excluding hydrogens is 370 g/mol. The molecule has 0 N–H and O–H groups in total. The van der Waals surface area contributed by atoms with E-state index < -0.39 is 0 Å². The molecule has 1 aromatic heterocycles. The highest BCUT2D eigenvalue weighted by Crippen LogP contribution is 2.29. The third-order valence-corrected chi connectivity index (χ3v) is 6.30. The van der Waals surface area contributed by atoms with Crippen LogP contribution in [0.2, 0.25) is 0 Å². The van der Waals surface area contributed by atoms with E-state index in [9.17, 15) is 4.79 Å². The standard InChI is InChI=1S/C26H31N3O/c1-20(21-9-5-3-4-6-10-21)17-26(30)29(19-25-27-15-16-28(25)2)24-14-13-22-11-7-8-12-23(22)18-24/h3-6,9,13-16,18,20H,7-8,10-12,17,19H2,1-2H3/t20-/m0/s1. The van der Waals surface area contributed by atoms with Crippen LogP contribution in [0.4, 0.5) is 5.69 Å². The van der Waals surface area contributed by atoms with Gasteiger partial charge in [0, 0.05) is 31.5 Å². The lowest BCUT2D eigenvalue weighted by atomic mass is 9.91. The van der Waals surface area contributed by atoms with E-state index in [0.717, 1.165) is 30.8 Å². The number of nitrogens with zero attached hydrogens (tertiary/aromatic N) is 3. The summed E-state index contributed by atoms with van der Waals surface area (Å²) in [7, 11) is 1.98. The van der Waals surface area contributed by atoms with E-state index in [2.05, 4.69) is 54.4 Å². The summed E-state index contributed by atoms with van der Waals surface area (Å²) in [6, 6.07) is 6.57. The summed E-state index contributed by atoms with van der Waals surface area (Å²) >= 11 is 0. The zero-order valence-electron chi connectivity index (χ0n) is 18.1. The number of benzene rings is 1. The molecule has 1 aromatic carbocycles. The van der Waals surface area contributed by atoms with Crippen molar-refractivity contribution < 1.29 is 4.79 Å². The van der Waals surface area contributed by atoms with Crippen molar-refractivity contribution in [2.24, 2.45) is 13.0 Å². The average molecular weight is 402 g/mol. The number of hydrogen-bond acceptors (Lipinski definition) is 2. The first kappa shape index (κ1) is 20.4. The van der Waals surface area contributed by atoms with Gasteiger partial charge in [-0.15, -0.1) is 0 Å². The van der Waals surface area contributed by atoms with Crippen LogP contribution in [0.25, 0.3) is 0 Å². The molecule has 1 atom stereocenters. The number of anilines is 1. The first-order chi connectivity index (χ1) is 14.6. The van der Waals surface area contributed by atoms with Gasteiger partial charge in [0.2, 0.25) is 5.91 Å². The Morgan fingerprint density at radius 3 is 2.80 bits per heavy atom. The number of aromatic nitrogens is 2. The molecule has 0 saturated heterocycles. The summed E-state index contributed by atoms with van der Waals surface area (Å²) in [5.74, 6) is 1.25. The second kappa shape index (κ2) is 9.29. The van der Waals surface area contributed by atoms with Crippen molar-refractivity contribution in [3.63, 3.8) is 0 Å². The molecule has 0 radical (unpaired) electrons. The largest absolute Gasteiger partial charge is 0.337 e. The van der Waals surface area contributed by atoms with Crippen LogP contribution in [0.15, 0.2) is 66.5 Å². The molecular formula is C26H31N3O. The van der Waals surface area contributed by atoms with Crippen molar-refractivity contribution in [1.29, 1.82) is 0 Å². The average Bonchev–Trinajstić information content (AvgIpc) is 2.99. The number of fused-ring (bicyclic) bond motifs is 1. The molecule has 156 valence electrons. The Hall–Kier alpha value is -2.88. The number of aryl methyl sites for hydroxylation is 3. The number of hydrogen-bond donors (Lipinski definition) is 0. The Balaban J connectivity index is 1.59. The Kier molecular flexibility index (Phi) is 6.32. The molecule has 4 heteroatoms. The van der Waals surface area contributed by atoms with Crippen LogP contribution >= 0.6 is 0 Å². The fraction of sp³-hybridized carbons (Fsp3) is 0.385. The highest BCUT2D eigenvalue weighted by Gasteiger charge is 2.23. The Morgan fingerprint density at radius 1 is 1.17 bits per heavy atom. The predicted octanol–water partition coefficient (Wildman–Crippen LogP) is 5.30. The minimum atomic E-state index is 0.152. The van der Waals surface area contributed by atoms with E-state index in [0.29, 0.717) is 13.0 Å². The van der Waals surface area contributed by atoms with Gasteiger partial charge in [-0.05, 0) is 61.3 Å². The van der Waals surface area contributed by atoms with Crippen molar-refractivity contribution in [3.05, 3.63) is 83.5 Å². The fourth-order valence-corrected chi connectivity index (χ4v) is 4.36. The van der Waals surface area contributed by atoms with E-state index in [-0.39, 0.29) is 11.8 Å². The fourth-order valence-electron chi connectivity index (χ4n) is 4.36. The Bertz CT molecular complexity index is 995. The van der Waals surface area contributed by atoms with Gasteiger partial charge in [0.1, 0.15) is 5.82 Å². The molecule has 0 fully saturated rings. The lowest BCUT2D eigenvalue weighted by molar-refractivity contribution is -0.119. The molecule has 30 heavy (non-hydrogen) atoms. The van der Waals surface area contributed by atoms with Gasteiger partial charge >= 0.3 is 0 Å². The molecule has 2 aliphatic rings. The number of allylic oxidation sites excluding steroid dienone is 6. The number of imidazole rings is 1. The maximum absolute atomic E-state index is 13.5. The SMILES string of the molecule is C[C@@H](CC(=O)N(Cc1nccn1C)c1ccc2c(c1)CCCC2)C1=CC=CC=CC1. The van der Waals surface area contributed by atoms with Crippen LogP contribution < -0.4 is 4.90 Å². The number of amides is 1. The molecule has 0 saturated carbocycles. The van der Waals surface area contributed by atoms with E-state index >= 15 is 0 Å². The molecule has 0 aliphatic heterocycles. The van der Waals surface area contributed by atoms with Crippen molar-refractivity contribution in [2.75, 3.05) is 4.90 Å². The lowest BCUT2D eigenvalue weighted by Gasteiger charge is -2.27. The van der Waals surface area contributed by atoms with Crippen molar-refractivity contribution in [2.45, 2.75) is 52.0 Å². The van der Waals surface area contributed by atoms with Gasteiger partial charge in [-0.2, -0.15) is 0 Å². The number of carbonyl (C=O) groups is 1. The molecule has 0 unspecified atom stereocenters. The monoisotopic (exact) mass is 401 g/mol. The smallest absolute Gasteiger partial charge is 0.227 e. The zero-order chi connectivity index (χ0) is 20.9. The third kappa shape index (κ3) is 4.64. The molecule has 1 heterocycles. The minimum absolute atomic E-state index is 0.152. The Labute approximate surface area is 179 Å². The zero-order valence-corrected chi connectivity index (χ0v) is 18.1. The van der Waals surface area contributed by atoms with Gasteiger partial charge < -0.3 is 9.47 Å². The van der Waals surface area contributed by atoms with E-state index in [4.69, 9.17) is 0 Å². The van der Waals surface area contributed by atoms with Gasteiger partial charge in [0.15, 0.2) is 0 Å². The quantitative estimate of drug-likeness (QED) is 0.659. The summed E-state index contributed by atoms with van der Waals surface area (Å²) in [6.07, 6.45) is 20.4. The van der Waals surface area contributed by atoms with Crippen molar-refractivity contribution in [3.8, 4) is 0 Å². The third-order valence-electron chi connectivity index (χ3n) is 6.30. The second-order valence-corrected chi connectivity index (χ2v) is 8.46. The van der Waals surface area contributed by atoms with Crippen LogP contribution in [0.3, 0.4) is 0 Å². The highest BCUT2D eigenvalue weighted by atomic mass is 16.2. The highest BCUT2D eigenvalue weighted by molar-refractivity contribution is 5.93. The summed E-state index contributed by atoms with van der Waals surface area (Å²) in [4.78, 5) is 19.9.